The molecule has 3 aromatic rings. The number of carbonyl (C=O) groups excluding carboxylic acids is 2. The molecule has 0 radical (unpaired) electrons. The van der Waals surface area contributed by atoms with Crippen molar-refractivity contribution in [1.82, 2.24) is 0 Å². The number of ketones is 1. The highest BCUT2D eigenvalue weighted by Gasteiger charge is 2.16. The second kappa shape index (κ2) is 8.31. The smallest absolute Gasteiger partial charge is 0.344 e. The van der Waals surface area contributed by atoms with E-state index in [0.29, 0.717) is 16.9 Å². The molecule has 6 heteroatoms. The maximum Gasteiger partial charge on any atom is 0.344 e. The molecule has 0 atom stereocenters. The van der Waals surface area contributed by atoms with Crippen LogP contribution in [0, 0.1) is 27.7 Å². The fraction of sp³-hybridized carbons (Fsp3) is 0.261. The van der Waals surface area contributed by atoms with Crippen LogP contribution in [0.5, 0.6) is 5.75 Å². The van der Waals surface area contributed by atoms with E-state index in [-0.39, 0.29) is 19.0 Å². The van der Waals surface area contributed by atoms with Gasteiger partial charge in [0.1, 0.15) is 11.3 Å². The molecule has 0 spiro atoms. The van der Waals surface area contributed by atoms with Gasteiger partial charge in [0.25, 0.3) is 0 Å². The van der Waals surface area contributed by atoms with Crippen LogP contribution in [-0.4, -0.2) is 25.0 Å². The first-order valence-electron chi connectivity index (χ1n) is 9.19. The van der Waals surface area contributed by atoms with Gasteiger partial charge in [-0.25, -0.2) is 9.59 Å². The molecule has 0 aliphatic heterocycles. The Labute approximate surface area is 168 Å². The van der Waals surface area contributed by atoms with Crippen molar-refractivity contribution in [3.63, 3.8) is 0 Å². The summed E-state index contributed by atoms with van der Waals surface area (Å²) >= 11 is 0. The van der Waals surface area contributed by atoms with Gasteiger partial charge in [0, 0.05) is 23.1 Å². The van der Waals surface area contributed by atoms with E-state index in [4.69, 9.17) is 13.9 Å². The lowest BCUT2D eigenvalue weighted by Gasteiger charge is -2.13. The molecule has 150 valence electrons. The van der Waals surface area contributed by atoms with Crippen LogP contribution in [0.4, 0.5) is 0 Å². The van der Waals surface area contributed by atoms with Gasteiger partial charge >= 0.3 is 11.6 Å². The number of hydrogen-bond donors (Lipinski definition) is 0. The molecule has 6 nitrogen and oxygen atoms in total. The van der Waals surface area contributed by atoms with E-state index in [1.165, 1.54) is 12.1 Å². The van der Waals surface area contributed by atoms with Crippen LogP contribution in [0.2, 0.25) is 0 Å². The molecule has 3 rings (SSSR count). The van der Waals surface area contributed by atoms with Crippen molar-refractivity contribution in [2.45, 2.75) is 27.7 Å². The summed E-state index contributed by atoms with van der Waals surface area (Å²) in [4.78, 5) is 35.7. The first-order chi connectivity index (χ1) is 13.8. The number of hydrogen-bond acceptors (Lipinski definition) is 6. The number of Topliss-reactive ketones (excluding diaryl/α,β-unsaturated/α-hetero) is 1. The quantitative estimate of drug-likeness (QED) is 0.359. The minimum Gasteiger partial charge on any atom is -0.482 e. The van der Waals surface area contributed by atoms with Gasteiger partial charge in [-0.15, -0.1) is 0 Å². The number of rotatable bonds is 6. The van der Waals surface area contributed by atoms with Crippen LogP contribution in [0.1, 0.15) is 32.6 Å². The Morgan fingerprint density at radius 3 is 2.38 bits per heavy atom. The predicted octanol–water partition coefficient (Wildman–Crippen LogP) is 3.83. The molecule has 1 heterocycles. The normalized spacial score (nSPS) is 10.8. The molecule has 0 unspecified atom stereocenters. The topological polar surface area (TPSA) is 82.8 Å². The van der Waals surface area contributed by atoms with Gasteiger partial charge in [0.05, 0.1) is 0 Å². The highest BCUT2D eigenvalue weighted by molar-refractivity contribution is 5.99. The molecule has 0 amide bonds. The zero-order chi connectivity index (χ0) is 21.1. The van der Waals surface area contributed by atoms with Crippen LogP contribution < -0.4 is 10.4 Å². The van der Waals surface area contributed by atoms with Crippen molar-refractivity contribution < 1.29 is 23.5 Å². The third-order valence-electron chi connectivity index (χ3n) is 5.10. The second-order valence-corrected chi connectivity index (χ2v) is 6.94. The van der Waals surface area contributed by atoms with Crippen LogP contribution in [-0.2, 0) is 9.53 Å². The molecule has 0 aliphatic carbocycles. The van der Waals surface area contributed by atoms with E-state index in [9.17, 15) is 14.4 Å². The van der Waals surface area contributed by atoms with Crippen molar-refractivity contribution >= 4 is 22.7 Å². The molecule has 0 aliphatic rings. The number of esters is 1. The predicted molar refractivity (Wildman–Crippen MR) is 109 cm³/mol. The SMILES string of the molecule is Cc1cc(C(=O)COC(=O)COc2ccc3ccc(=O)oc3c2)c(C)c(C)c1C. The van der Waals surface area contributed by atoms with E-state index in [2.05, 4.69) is 0 Å². The summed E-state index contributed by atoms with van der Waals surface area (Å²) in [5.74, 6) is -0.559. The summed E-state index contributed by atoms with van der Waals surface area (Å²) in [5.41, 5.74) is 4.58. The number of ether oxygens (including phenoxy) is 2. The molecule has 29 heavy (non-hydrogen) atoms. The molecular weight excluding hydrogens is 372 g/mol. The maximum atomic E-state index is 12.5. The molecule has 2 aromatic carbocycles. The van der Waals surface area contributed by atoms with E-state index >= 15 is 0 Å². The average Bonchev–Trinajstić information content (AvgIpc) is 2.71. The summed E-state index contributed by atoms with van der Waals surface area (Å²) in [6.45, 7) is 7.11. The summed E-state index contributed by atoms with van der Waals surface area (Å²) < 4.78 is 15.5. The van der Waals surface area contributed by atoms with Gasteiger partial charge in [0.2, 0.25) is 5.78 Å². The van der Waals surface area contributed by atoms with Crippen molar-refractivity contribution in [1.29, 1.82) is 0 Å². The standard InChI is InChI=1S/C23H22O6/c1-13-9-19(16(4)15(3)14(13)2)20(24)11-28-23(26)12-27-18-7-5-17-6-8-22(25)29-21(17)10-18/h5-10H,11-12H2,1-4H3. The van der Waals surface area contributed by atoms with E-state index in [1.807, 2.05) is 33.8 Å². The molecule has 0 fully saturated rings. The number of benzene rings is 2. The fourth-order valence-electron chi connectivity index (χ4n) is 3.04. The fourth-order valence-corrected chi connectivity index (χ4v) is 3.04. The Bertz CT molecular complexity index is 1160. The van der Waals surface area contributed by atoms with Crippen molar-refractivity contribution in [3.05, 3.63) is 74.6 Å². The highest BCUT2D eigenvalue weighted by atomic mass is 16.6. The maximum absolute atomic E-state index is 12.5. The first kappa shape index (κ1) is 20.3. The lowest BCUT2D eigenvalue weighted by molar-refractivity contribution is -0.144. The van der Waals surface area contributed by atoms with E-state index in [0.717, 1.165) is 27.6 Å². The van der Waals surface area contributed by atoms with Crippen molar-refractivity contribution in [2.75, 3.05) is 13.2 Å². The molecular formula is C23H22O6. The van der Waals surface area contributed by atoms with E-state index < -0.39 is 11.6 Å². The van der Waals surface area contributed by atoms with Gasteiger partial charge in [-0.2, -0.15) is 0 Å². The number of carbonyl (C=O) groups is 2. The number of aryl methyl sites for hydroxylation is 1. The Morgan fingerprint density at radius 1 is 0.897 bits per heavy atom. The van der Waals surface area contributed by atoms with Crippen LogP contribution >= 0.6 is 0 Å². The summed E-state index contributed by atoms with van der Waals surface area (Å²) in [5, 5.41) is 0.740. The van der Waals surface area contributed by atoms with Crippen LogP contribution in [0.15, 0.2) is 45.6 Å². The number of fused-ring (bicyclic) bond motifs is 1. The van der Waals surface area contributed by atoms with Gasteiger partial charge in [0.15, 0.2) is 13.2 Å². The Hall–Kier alpha value is -3.41. The zero-order valence-corrected chi connectivity index (χ0v) is 16.8. The zero-order valence-electron chi connectivity index (χ0n) is 16.8. The molecule has 0 saturated heterocycles. The summed E-state index contributed by atoms with van der Waals surface area (Å²) in [6.07, 6.45) is 0. The lowest BCUT2D eigenvalue weighted by atomic mass is 9.93. The minimum atomic E-state index is -0.661. The van der Waals surface area contributed by atoms with Crippen molar-refractivity contribution in [2.24, 2.45) is 0 Å². The molecule has 0 bridgehead atoms. The van der Waals surface area contributed by atoms with Gasteiger partial charge in [-0.05, 0) is 74.2 Å². The largest absolute Gasteiger partial charge is 0.482 e. The molecule has 0 N–H and O–H groups in total. The van der Waals surface area contributed by atoms with Crippen molar-refractivity contribution in [3.8, 4) is 5.75 Å². The third-order valence-corrected chi connectivity index (χ3v) is 5.10. The van der Waals surface area contributed by atoms with Gasteiger partial charge in [-0.1, -0.05) is 0 Å². The first-order valence-corrected chi connectivity index (χ1v) is 9.19. The minimum absolute atomic E-state index is 0.255. The Kier molecular flexibility index (Phi) is 5.82. The van der Waals surface area contributed by atoms with Crippen LogP contribution in [0.3, 0.4) is 0 Å². The molecule has 0 saturated carbocycles. The van der Waals surface area contributed by atoms with E-state index in [1.54, 1.807) is 18.2 Å². The van der Waals surface area contributed by atoms with Crippen LogP contribution in [0.25, 0.3) is 11.0 Å². The summed E-state index contributed by atoms with van der Waals surface area (Å²) in [6, 6.07) is 9.69. The summed E-state index contributed by atoms with van der Waals surface area (Å²) in [7, 11) is 0. The van der Waals surface area contributed by atoms with Gasteiger partial charge < -0.3 is 13.9 Å². The lowest BCUT2D eigenvalue weighted by Crippen LogP contribution is -2.20. The second-order valence-electron chi connectivity index (χ2n) is 6.94. The molecule has 1 aromatic heterocycles. The van der Waals surface area contributed by atoms with Gasteiger partial charge in [-0.3, -0.25) is 4.79 Å². The highest BCUT2D eigenvalue weighted by Crippen LogP contribution is 2.22. The Balaban J connectivity index is 1.59. The average molecular weight is 394 g/mol. The Morgan fingerprint density at radius 2 is 1.62 bits per heavy atom. The monoisotopic (exact) mass is 394 g/mol. The third kappa shape index (κ3) is 4.54.